The van der Waals surface area contributed by atoms with E-state index in [0.717, 1.165) is 6.42 Å². The molecule has 0 spiro atoms. The lowest BCUT2D eigenvalue weighted by atomic mass is 10.2. The number of hydrogen-bond donors (Lipinski definition) is 0. The Kier molecular flexibility index (Phi) is 3.29. The van der Waals surface area contributed by atoms with Crippen molar-refractivity contribution in [3.8, 4) is 17.6 Å². The summed E-state index contributed by atoms with van der Waals surface area (Å²) in [6, 6.07) is 7.05. The van der Waals surface area contributed by atoms with Gasteiger partial charge >= 0.3 is 0 Å². The Morgan fingerprint density at radius 3 is 2.82 bits per heavy atom. The zero-order chi connectivity index (χ0) is 12.3. The van der Waals surface area contributed by atoms with Crippen LogP contribution in [0.3, 0.4) is 0 Å². The van der Waals surface area contributed by atoms with E-state index >= 15 is 0 Å². The van der Waals surface area contributed by atoms with Gasteiger partial charge in [-0.15, -0.1) is 0 Å². The third-order valence-corrected chi connectivity index (χ3v) is 2.79. The number of nitrogens with zero attached hydrogens (tertiary/aromatic N) is 1. The fraction of sp³-hybridized carbons (Fsp3) is 0.385. The molecule has 1 aromatic rings. The van der Waals surface area contributed by atoms with Crippen LogP contribution in [0.1, 0.15) is 24.8 Å². The summed E-state index contributed by atoms with van der Waals surface area (Å²) in [7, 11) is 1.53. The van der Waals surface area contributed by atoms with Crippen LogP contribution < -0.4 is 9.47 Å². The average molecular weight is 231 g/mol. The molecule has 4 heteroatoms. The highest BCUT2D eigenvalue weighted by Crippen LogP contribution is 2.31. The van der Waals surface area contributed by atoms with Crippen molar-refractivity contribution in [1.82, 2.24) is 0 Å². The number of methoxy groups -OCH3 is 1. The third kappa shape index (κ3) is 2.56. The van der Waals surface area contributed by atoms with Crippen molar-refractivity contribution in [2.45, 2.75) is 25.4 Å². The number of nitriles is 1. The summed E-state index contributed by atoms with van der Waals surface area (Å²) in [5.74, 6) is 1.36. The van der Waals surface area contributed by atoms with E-state index in [1.165, 1.54) is 7.11 Å². The van der Waals surface area contributed by atoms with Crippen LogP contribution in [0.4, 0.5) is 0 Å². The third-order valence-electron chi connectivity index (χ3n) is 2.79. The zero-order valence-corrected chi connectivity index (χ0v) is 9.60. The first-order valence-corrected chi connectivity index (χ1v) is 5.49. The number of carbonyl (C=O) groups excluding carboxylic acids is 1. The van der Waals surface area contributed by atoms with E-state index in [1.54, 1.807) is 18.2 Å². The largest absolute Gasteiger partial charge is 0.493 e. The minimum Gasteiger partial charge on any atom is -0.493 e. The second-order valence-corrected chi connectivity index (χ2v) is 4.00. The van der Waals surface area contributed by atoms with Crippen molar-refractivity contribution in [2.75, 3.05) is 7.11 Å². The summed E-state index contributed by atoms with van der Waals surface area (Å²) in [5, 5.41) is 8.78. The van der Waals surface area contributed by atoms with Crippen LogP contribution in [-0.4, -0.2) is 19.0 Å². The lowest BCUT2D eigenvalue weighted by Crippen LogP contribution is -2.12. The molecule has 1 fully saturated rings. The molecule has 1 unspecified atom stereocenters. The average Bonchev–Trinajstić information content (AvgIpc) is 2.75. The van der Waals surface area contributed by atoms with Crippen LogP contribution in [0.15, 0.2) is 18.2 Å². The van der Waals surface area contributed by atoms with E-state index in [4.69, 9.17) is 14.7 Å². The van der Waals surface area contributed by atoms with Gasteiger partial charge in [-0.25, -0.2) is 0 Å². The summed E-state index contributed by atoms with van der Waals surface area (Å²) in [4.78, 5) is 11.1. The maximum Gasteiger partial charge on any atom is 0.162 e. The number of carbonyl (C=O) groups is 1. The summed E-state index contributed by atoms with van der Waals surface area (Å²) in [5.41, 5.74) is 0.525. The molecule has 0 heterocycles. The van der Waals surface area contributed by atoms with Gasteiger partial charge in [0.1, 0.15) is 11.9 Å². The number of ether oxygens (including phenoxy) is 2. The number of Topliss-reactive ketones (excluding diaryl/α,β-unsaturated/α-hetero) is 1. The first kappa shape index (κ1) is 11.5. The van der Waals surface area contributed by atoms with Gasteiger partial charge in [0.25, 0.3) is 0 Å². The highest BCUT2D eigenvalue weighted by atomic mass is 16.5. The molecule has 0 amide bonds. The van der Waals surface area contributed by atoms with Crippen molar-refractivity contribution >= 4 is 5.78 Å². The summed E-state index contributed by atoms with van der Waals surface area (Å²) in [6.07, 6.45) is 1.73. The Morgan fingerprint density at radius 2 is 2.24 bits per heavy atom. The number of hydrogen-bond acceptors (Lipinski definition) is 4. The molecule has 1 atom stereocenters. The van der Waals surface area contributed by atoms with E-state index in [1.807, 2.05) is 6.07 Å². The molecule has 0 radical (unpaired) electrons. The van der Waals surface area contributed by atoms with E-state index in [0.29, 0.717) is 29.9 Å². The number of ketones is 1. The van der Waals surface area contributed by atoms with Crippen molar-refractivity contribution in [2.24, 2.45) is 0 Å². The number of benzene rings is 1. The molecule has 4 nitrogen and oxygen atoms in total. The van der Waals surface area contributed by atoms with Gasteiger partial charge in [-0.2, -0.15) is 5.26 Å². The monoisotopic (exact) mass is 231 g/mol. The summed E-state index contributed by atoms with van der Waals surface area (Å²) in [6.45, 7) is 0. The van der Waals surface area contributed by atoms with E-state index in [2.05, 4.69) is 0 Å². The quantitative estimate of drug-likeness (QED) is 0.799. The summed E-state index contributed by atoms with van der Waals surface area (Å²) < 4.78 is 10.9. The van der Waals surface area contributed by atoms with Gasteiger partial charge < -0.3 is 9.47 Å². The van der Waals surface area contributed by atoms with Crippen LogP contribution in [0.25, 0.3) is 0 Å². The molecule has 0 saturated heterocycles. The molecule has 88 valence electrons. The molecule has 2 rings (SSSR count). The van der Waals surface area contributed by atoms with Gasteiger partial charge in [0.2, 0.25) is 0 Å². The molecule has 0 aromatic heterocycles. The second kappa shape index (κ2) is 4.88. The molecule has 1 aromatic carbocycles. The van der Waals surface area contributed by atoms with Crippen molar-refractivity contribution < 1.29 is 14.3 Å². The van der Waals surface area contributed by atoms with Crippen LogP contribution in [0, 0.1) is 11.3 Å². The Morgan fingerprint density at radius 1 is 1.41 bits per heavy atom. The van der Waals surface area contributed by atoms with Gasteiger partial charge in [0.15, 0.2) is 11.5 Å². The topological polar surface area (TPSA) is 59.3 Å². The fourth-order valence-corrected chi connectivity index (χ4v) is 1.89. The molecular formula is C13H13NO3. The first-order chi connectivity index (χ1) is 8.22. The molecule has 0 N–H and O–H groups in total. The molecule has 1 saturated carbocycles. The maximum atomic E-state index is 11.1. The fourth-order valence-electron chi connectivity index (χ4n) is 1.89. The van der Waals surface area contributed by atoms with E-state index < -0.39 is 0 Å². The van der Waals surface area contributed by atoms with Gasteiger partial charge in [-0.1, -0.05) is 0 Å². The minimum absolute atomic E-state index is 0.0654. The van der Waals surface area contributed by atoms with Gasteiger partial charge in [0, 0.05) is 18.9 Å². The predicted molar refractivity (Wildman–Crippen MR) is 61.0 cm³/mol. The Labute approximate surface area is 99.8 Å². The van der Waals surface area contributed by atoms with Crippen molar-refractivity contribution in [3.05, 3.63) is 23.8 Å². The lowest BCUT2D eigenvalue weighted by molar-refractivity contribution is -0.117. The standard InChI is InChI=1S/C13H13NO3/c1-16-13-6-9(8-14)2-5-12(13)17-11-4-3-10(15)7-11/h2,5-6,11H,3-4,7H2,1H3. The predicted octanol–water partition coefficient (Wildman–Crippen LogP) is 2.07. The van der Waals surface area contributed by atoms with Crippen LogP contribution in [-0.2, 0) is 4.79 Å². The van der Waals surface area contributed by atoms with Crippen LogP contribution >= 0.6 is 0 Å². The maximum absolute atomic E-state index is 11.1. The smallest absolute Gasteiger partial charge is 0.162 e. The first-order valence-electron chi connectivity index (χ1n) is 5.49. The molecule has 1 aliphatic rings. The molecule has 0 bridgehead atoms. The Hall–Kier alpha value is -2.02. The van der Waals surface area contributed by atoms with Crippen LogP contribution in [0.2, 0.25) is 0 Å². The van der Waals surface area contributed by atoms with Crippen molar-refractivity contribution in [3.63, 3.8) is 0 Å². The highest BCUT2D eigenvalue weighted by Gasteiger charge is 2.24. The van der Waals surface area contributed by atoms with Crippen LogP contribution in [0.5, 0.6) is 11.5 Å². The molecule has 1 aliphatic carbocycles. The highest BCUT2D eigenvalue weighted by molar-refractivity contribution is 5.81. The van der Waals surface area contributed by atoms with E-state index in [9.17, 15) is 4.79 Å². The lowest BCUT2D eigenvalue weighted by Gasteiger charge is -2.15. The molecule has 17 heavy (non-hydrogen) atoms. The SMILES string of the molecule is COc1cc(C#N)ccc1OC1CCC(=O)C1. The second-order valence-electron chi connectivity index (χ2n) is 4.00. The number of rotatable bonds is 3. The molecular weight excluding hydrogens is 218 g/mol. The van der Waals surface area contributed by atoms with E-state index in [-0.39, 0.29) is 11.9 Å². The molecule has 0 aliphatic heterocycles. The van der Waals surface area contributed by atoms with Gasteiger partial charge in [-0.05, 0) is 18.6 Å². The minimum atomic E-state index is -0.0654. The van der Waals surface area contributed by atoms with Gasteiger partial charge in [-0.3, -0.25) is 4.79 Å². The Balaban J connectivity index is 2.15. The van der Waals surface area contributed by atoms with Crippen molar-refractivity contribution in [1.29, 1.82) is 5.26 Å². The Bertz CT molecular complexity index is 476. The normalized spacial score (nSPS) is 18.8. The summed E-state index contributed by atoms with van der Waals surface area (Å²) >= 11 is 0. The zero-order valence-electron chi connectivity index (χ0n) is 9.60. The van der Waals surface area contributed by atoms with Gasteiger partial charge in [0.05, 0.1) is 18.7 Å².